The zero-order chi connectivity index (χ0) is 13.5. The van der Waals surface area contributed by atoms with E-state index in [1.807, 2.05) is 0 Å². The Morgan fingerprint density at radius 1 is 1.44 bits per heavy atom. The van der Waals surface area contributed by atoms with Crippen molar-refractivity contribution in [2.45, 2.75) is 20.8 Å². The summed E-state index contributed by atoms with van der Waals surface area (Å²) in [7, 11) is 0. The minimum absolute atomic E-state index is 0.0736. The molecular weight excluding hydrogens is 233 g/mol. The molecule has 0 bridgehead atoms. The number of carbonyl (C=O) groups excluding carboxylic acids is 1. The van der Waals surface area contributed by atoms with E-state index in [1.54, 1.807) is 13.0 Å². The summed E-state index contributed by atoms with van der Waals surface area (Å²) in [5, 5.41) is 2.63. The number of hydrogen-bond acceptors (Lipinski definition) is 2. The number of ether oxygens (including phenoxy) is 1. The van der Waals surface area contributed by atoms with Gasteiger partial charge in [-0.1, -0.05) is 19.9 Å². The van der Waals surface area contributed by atoms with Crippen molar-refractivity contribution in [1.29, 1.82) is 0 Å². The number of aryl methyl sites for hydroxylation is 1. The molecule has 0 spiro atoms. The molecule has 18 heavy (non-hydrogen) atoms. The highest BCUT2D eigenvalue weighted by molar-refractivity contribution is 5.94. The number of halogens is 1. The van der Waals surface area contributed by atoms with Crippen molar-refractivity contribution in [1.82, 2.24) is 5.32 Å². The van der Waals surface area contributed by atoms with Crippen molar-refractivity contribution in [2.24, 2.45) is 5.92 Å². The molecule has 1 aromatic carbocycles. The van der Waals surface area contributed by atoms with Crippen LogP contribution in [-0.2, 0) is 4.74 Å². The van der Waals surface area contributed by atoms with Gasteiger partial charge in [-0.2, -0.15) is 0 Å². The Hall–Kier alpha value is -1.42. The summed E-state index contributed by atoms with van der Waals surface area (Å²) in [5.74, 6) is -0.425. The Kier molecular flexibility index (Phi) is 5.78. The van der Waals surface area contributed by atoms with Crippen molar-refractivity contribution in [3.05, 3.63) is 35.1 Å². The summed E-state index contributed by atoms with van der Waals surface area (Å²) in [4.78, 5) is 11.7. The van der Waals surface area contributed by atoms with Crippen LogP contribution in [0, 0.1) is 18.7 Å². The largest absolute Gasteiger partial charge is 0.379 e. The van der Waals surface area contributed by atoms with Gasteiger partial charge in [0.05, 0.1) is 12.2 Å². The van der Waals surface area contributed by atoms with Gasteiger partial charge in [0.15, 0.2) is 0 Å². The third-order valence-electron chi connectivity index (χ3n) is 2.35. The second-order valence-corrected chi connectivity index (χ2v) is 4.71. The molecule has 100 valence electrons. The van der Waals surface area contributed by atoms with Crippen LogP contribution in [0.3, 0.4) is 0 Å². The third-order valence-corrected chi connectivity index (χ3v) is 2.35. The standard InChI is InChI=1S/C14H20FNO2/c1-10(2)9-18-7-6-16-14(17)12-5-4-11(3)8-13(12)15/h4-5,8,10H,6-7,9H2,1-3H3,(H,16,17). The van der Waals surface area contributed by atoms with Gasteiger partial charge in [-0.25, -0.2) is 4.39 Å². The Labute approximate surface area is 107 Å². The Morgan fingerprint density at radius 3 is 2.78 bits per heavy atom. The molecule has 0 atom stereocenters. The molecule has 1 amide bonds. The maximum absolute atomic E-state index is 13.5. The van der Waals surface area contributed by atoms with Gasteiger partial charge in [-0.05, 0) is 30.5 Å². The lowest BCUT2D eigenvalue weighted by Gasteiger charge is -2.08. The highest BCUT2D eigenvalue weighted by Gasteiger charge is 2.10. The fraction of sp³-hybridized carbons (Fsp3) is 0.500. The molecule has 1 aromatic rings. The molecular formula is C14H20FNO2. The lowest BCUT2D eigenvalue weighted by Crippen LogP contribution is -2.28. The molecule has 3 nitrogen and oxygen atoms in total. The molecule has 0 aliphatic rings. The van der Waals surface area contributed by atoms with Gasteiger partial charge in [0.1, 0.15) is 5.82 Å². The molecule has 0 saturated heterocycles. The number of carbonyl (C=O) groups is 1. The van der Waals surface area contributed by atoms with E-state index >= 15 is 0 Å². The first-order chi connectivity index (χ1) is 8.50. The minimum atomic E-state index is -0.490. The summed E-state index contributed by atoms with van der Waals surface area (Å²) < 4.78 is 18.8. The van der Waals surface area contributed by atoms with Gasteiger partial charge in [0.2, 0.25) is 0 Å². The van der Waals surface area contributed by atoms with Crippen LogP contribution in [0.15, 0.2) is 18.2 Å². The van der Waals surface area contributed by atoms with Gasteiger partial charge in [-0.3, -0.25) is 4.79 Å². The Bertz CT molecular complexity index is 405. The second kappa shape index (κ2) is 7.11. The second-order valence-electron chi connectivity index (χ2n) is 4.71. The van der Waals surface area contributed by atoms with E-state index in [0.29, 0.717) is 25.7 Å². The number of rotatable bonds is 6. The van der Waals surface area contributed by atoms with Crippen molar-refractivity contribution >= 4 is 5.91 Å². The summed E-state index contributed by atoms with van der Waals surface area (Å²) >= 11 is 0. The van der Waals surface area contributed by atoms with Crippen LogP contribution in [0.4, 0.5) is 4.39 Å². The monoisotopic (exact) mass is 253 g/mol. The van der Waals surface area contributed by atoms with Gasteiger partial charge in [0.25, 0.3) is 5.91 Å². The van der Waals surface area contributed by atoms with E-state index in [0.717, 1.165) is 5.56 Å². The zero-order valence-electron chi connectivity index (χ0n) is 11.1. The predicted molar refractivity (Wildman–Crippen MR) is 69.1 cm³/mol. The number of nitrogens with one attached hydrogen (secondary N) is 1. The lowest BCUT2D eigenvalue weighted by molar-refractivity contribution is 0.0883. The average Bonchev–Trinajstić information content (AvgIpc) is 2.27. The topological polar surface area (TPSA) is 38.3 Å². The number of amides is 1. The fourth-order valence-electron chi connectivity index (χ4n) is 1.46. The molecule has 0 aromatic heterocycles. The Morgan fingerprint density at radius 2 is 2.17 bits per heavy atom. The fourth-order valence-corrected chi connectivity index (χ4v) is 1.46. The average molecular weight is 253 g/mol. The van der Waals surface area contributed by atoms with E-state index in [4.69, 9.17) is 4.74 Å². The minimum Gasteiger partial charge on any atom is -0.379 e. The normalized spacial score (nSPS) is 10.7. The van der Waals surface area contributed by atoms with Crippen LogP contribution in [0.2, 0.25) is 0 Å². The summed E-state index contributed by atoms with van der Waals surface area (Å²) in [6.07, 6.45) is 0. The van der Waals surface area contributed by atoms with E-state index in [1.165, 1.54) is 12.1 Å². The molecule has 0 heterocycles. The molecule has 1 N–H and O–H groups in total. The summed E-state index contributed by atoms with van der Waals surface area (Å²) in [6.45, 7) is 7.38. The van der Waals surface area contributed by atoms with Crippen LogP contribution in [0.25, 0.3) is 0 Å². The molecule has 0 aliphatic carbocycles. The number of hydrogen-bond donors (Lipinski definition) is 1. The van der Waals surface area contributed by atoms with E-state index in [-0.39, 0.29) is 5.56 Å². The van der Waals surface area contributed by atoms with Gasteiger partial charge in [0, 0.05) is 13.2 Å². The first kappa shape index (κ1) is 14.6. The number of benzene rings is 1. The Balaban J connectivity index is 2.36. The predicted octanol–water partition coefficient (Wildman–Crippen LogP) is 2.54. The molecule has 0 aliphatic heterocycles. The van der Waals surface area contributed by atoms with E-state index in [9.17, 15) is 9.18 Å². The third kappa shape index (κ3) is 4.84. The first-order valence-corrected chi connectivity index (χ1v) is 6.12. The quantitative estimate of drug-likeness (QED) is 0.791. The molecule has 0 unspecified atom stereocenters. The van der Waals surface area contributed by atoms with Crippen LogP contribution in [0.1, 0.15) is 29.8 Å². The highest BCUT2D eigenvalue weighted by atomic mass is 19.1. The molecule has 0 fully saturated rings. The van der Waals surface area contributed by atoms with Crippen LogP contribution < -0.4 is 5.32 Å². The SMILES string of the molecule is Cc1ccc(C(=O)NCCOCC(C)C)c(F)c1. The highest BCUT2D eigenvalue weighted by Crippen LogP contribution is 2.09. The summed E-state index contributed by atoms with van der Waals surface area (Å²) in [6, 6.07) is 4.56. The lowest BCUT2D eigenvalue weighted by atomic mass is 10.1. The van der Waals surface area contributed by atoms with Crippen LogP contribution in [-0.4, -0.2) is 25.7 Å². The molecule has 1 rings (SSSR count). The molecule has 4 heteroatoms. The van der Waals surface area contributed by atoms with Crippen molar-refractivity contribution in [2.75, 3.05) is 19.8 Å². The molecule has 0 radical (unpaired) electrons. The molecule has 0 saturated carbocycles. The first-order valence-electron chi connectivity index (χ1n) is 6.12. The van der Waals surface area contributed by atoms with Crippen molar-refractivity contribution in [3.8, 4) is 0 Å². The van der Waals surface area contributed by atoms with Crippen LogP contribution >= 0.6 is 0 Å². The maximum atomic E-state index is 13.5. The van der Waals surface area contributed by atoms with Gasteiger partial charge >= 0.3 is 0 Å². The van der Waals surface area contributed by atoms with Crippen molar-refractivity contribution < 1.29 is 13.9 Å². The maximum Gasteiger partial charge on any atom is 0.254 e. The van der Waals surface area contributed by atoms with E-state index in [2.05, 4.69) is 19.2 Å². The zero-order valence-corrected chi connectivity index (χ0v) is 11.1. The van der Waals surface area contributed by atoms with Crippen LogP contribution in [0.5, 0.6) is 0 Å². The van der Waals surface area contributed by atoms with Crippen molar-refractivity contribution in [3.63, 3.8) is 0 Å². The van der Waals surface area contributed by atoms with E-state index < -0.39 is 11.7 Å². The van der Waals surface area contributed by atoms with Gasteiger partial charge < -0.3 is 10.1 Å². The smallest absolute Gasteiger partial charge is 0.254 e. The van der Waals surface area contributed by atoms with Gasteiger partial charge in [-0.15, -0.1) is 0 Å². The summed E-state index contributed by atoms with van der Waals surface area (Å²) in [5.41, 5.74) is 0.869.